The molecule has 0 saturated carbocycles. The number of amides is 2. The minimum absolute atomic E-state index is 0. The van der Waals surface area contributed by atoms with E-state index < -0.39 is 5.91 Å². The van der Waals surface area contributed by atoms with Crippen molar-refractivity contribution in [2.24, 2.45) is 11.7 Å². The summed E-state index contributed by atoms with van der Waals surface area (Å²) in [5, 5.41) is 6.30. The normalized spacial score (nSPS) is 16.4. The van der Waals surface area contributed by atoms with Gasteiger partial charge in [0, 0.05) is 12.1 Å². The molecule has 2 rings (SSSR count). The van der Waals surface area contributed by atoms with Gasteiger partial charge in [0.1, 0.15) is 0 Å². The zero-order valence-electron chi connectivity index (χ0n) is 12.8. The lowest BCUT2D eigenvalue weighted by Crippen LogP contribution is -2.37. The van der Waals surface area contributed by atoms with E-state index in [1.807, 2.05) is 6.07 Å². The highest BCUT2D eigenvalue weighted by molar-refractivity contribution is 5.96. The van der Waals surface area contributed by atoms with Crippen molar-refractivity contribution in [2.45, 2.75) is 25.7 Å². The van der Waals surface area contributed by atoms with E-state index in [-0.39, 0.29) is 24.2 Å². The maximum absolute atomic E-state index is 12.3. The van der Waals surface area contributed by atoms with Gasteiger partial charge in [-0.1, -0.05) is 18.2 Å². The largest absolute Gasteiger partial charge is 0.366 e. The zero-order valence-corrected chi connectivity index (χ0v) is 13.6. The first kappa shape index (κ1) is 18.5. The second-order valence-electron chi connectivity index (χ2n) is 5.61. The van der Waals surface area contributed by atoms with Crippen LogP contribution in [0.5, 0.6) is 0 Å². The number of rotatable bonds is 5. The van der Waals surface area contributed by atoms with Crippen molar-refractivity contribution in [2.75, 3.05) is 19.6 Å². The Bertz CT molecular complexity index is 516. The van der Waals surface area contributed by atoms with E-state index in [9.17, 15) is 9.59 Å². The molecule has 4 N–H and O–H groups in total. The number of hydrogen-bond donors (Lipinski definition) is 3. The number of hydrogen-bond acceptors (Lipinski definition) is 3. The van der Waals surface area contributed by atoms with Crippen LogP contribution < -0.4 is 16.4 Å². The van der Waals surface area contributed by atoms with Gasteiger partial charge in [-0.05, 0) is 50.4 Å². The highest BCUT2D eigenvalue weighted by Gasteiger charge is 2.21. The van der Waals surface area contributed by atoms with Crippen LogP contribution in [-0.2, 0) is 4.79 Å². The Morgan fingerprint density at radius 2 is 1.95 bits per heavy atom. The number of carbonyl (C=O) groups excluding carboxylic acids is 2. The van der Waals surface area contributed by atoms with Crippen molar-refractivity contribution in [1.29, 1.82) is 0 Å². The lowest BCUT2D eigenvalue weighted by Gasteiger charge is -2.23. The summed E-state index contributed by atoms with van der Waals surface area (Å²) in [7, 11) is 0. The predicted molar refractivity (Wildman–Crippen MR) is 89.2 cm³/mol. The van der Waals surface area contributed by atoms with E-state index in [1.165, 1.54) is 0 Å². The van der Waals surface area contributed by atoms with Crippen molar-refractivity contribution in [1.82, 2.24) is 10.6 Å². The number of benzene rings is 1. The van der Waals surface area contributed by atoms with E-state index in [1.54, 1.807) is 25.1 Å². The SMILES string of the molecule is C[C@H](C(=O)NCC1CCNCC1)c1ccccc1C(N)=O.Cl. The van der Waals surface area contributed by atoms with Crippen LogP contribution in [0.1, 0.15) is 41.6 Å². The third kappa shape index (κ3) is 4.71. The molecule has 1 heterocycles. The molecule has 5 nitrogen and oxygen atoms in total. The molecule has 1 aromatic rings. The molecule has 1 aliphatic heterocycles. The summed E-state index contributed by atoms with van der Waals surface area (Å²) < 4.78 is 0. The number of nitrogens with one attached hydrogen (secondary N) is 2. The summed E-state index contributed by atoms with van der Waals surface area (Å²) in [6, 6.07) is 7.02. The van der Waals surface area contributed by atoms with Crippen LogP contribution in [0, 0.1) is 5.92 Å². The molecule has 22 heavy (non-hydrogen) atoms. The minimum atomic E-state index is -0.497. The Morgan fingerprint density at radius 1 is 1.32 bits per heavy atom. The molecule has 1 atom stereocenters. The smallest absolute Gasteiger partial charge is 0.249 e. The third-order valence-corrected chi connectivity index (χ3v) is 4.11. The van der Waals surface area contributed by atoms with Gasteiger partial charge in [0.2, 0.25) is 11.8 Å². The summed E-state index contributed by atoms with van der Waals surface area (Å²) >= 11 is 0. The number of nitrogens with two attached hydrogens (primary N) is 1. The zero-order chi connectivity index (χ0) is 15.2. The van der Waals surface area contributed by atoms with E-state index >= 15 is 0 Å². The molecule has 0 radical (unpaired) electrons. The van der Waals surface area contributed by atoms with Gasteiger partial charge in [-0.25, -0.2) is 0 Å². The van der Waals surface area contributed by atoms with Gasteiger partial charge in [0.15, 0.2) is 0 Å². The average Bonchev–Trinajstić information content (AvgIpc) is 2.52. The average molecular weight is 326 g/mol. The van der Waals surface area contributed by atoms with Crippen molar-refractivity contribution in [3.63, 3.8) is 0 Å². The molecule has 1 fully saturated rings. The standard InChI is InChI=1S/C16H23N3O2.ClH/c1-11(13-4-2-3-5-14(13)15(17)20)16(21)19-10-12-6-8-18-9-7-12;/h2-5,11-12,18H,6-10H2,1H3,(H2,17,20)(H,19,21);1H/t11-;/m0./s1. The highest BCUT2D eigenvalue weighted by atomic mass is 35.5. The highest BCUT2D eigenvalue weighted by Crippen LogP contribution is 2.20. The van der Waals surface area contributed by atoms with Crippen molar-refractivity contribution < 1.29 is 9.59 Å². The van der Waals surface area contributed by atoms with Gasteiger partial charge in [-0.3, -0.25) is 9.59 Å². The Labute approximate surface area is 137 Å². The molecule has 6 heteroatoms. The predicted octanol–water partition coefficient (Wildman–Crippen LogP) is 1.43. The second-order valence-corrected chi connectivity index (χ2v) is 5.61. The first-order chi connectivity index (χ1) is 10.1. The molecule has 1 aliphatic rings. The quantitative estimate of drug-likeness (QED) is 0.765. The maximum atomic E-state index is 12.3. The molecule has 0 aliphatic carbocycles. The lowest BCUT2D eigenvalue weighted by atomic mass is 9.93. The van der Waals surface area contributed by atoms with Crippen LogP contribution in [0.25, 0.3) is 0 Å². The summed E-state index contributed by atoms with van der Waals surface area (Å²) in [5.41, 5.74) is 6.47. The van der Waals surface area contributed by atoms with Gasteiger partial charge >= 0.3 is 0 Å². The third-order valence-electron chi connectivity index (χ3n) is 4.11. The van der Waals surface area contributed by atoms with Crippen LogP contribution in [0.3, 0.4) is 0 Å². The number of carbonyl (C=O) groups is 2. The molecule has 0 aromatic heterocycles. The lowest BCUT2D eigenvalue weighted by molar-refractivity contribution is -0.122. The summed E-state index contributed by atoms with van der Waals surface area (Å²) in [6.45, 7) is 4.53. The number of primary amides is 1. The molecule has 1 aromatic carbocycles. The fourth-order valence-electron chi connectivity index (χ4n) is 2.72. The van der Waals surface area contributed by atoms with Crippen LogP contribution in [0.4, 0.5) is 0 Å². The van der Waals surface area contributed by atoms with Crippen LogP contribution in [0.15, 0.2) is 24.3 Å². The Hall–Kier alpha value is -1.59. The maximum Gasteiger partial charge on any atom is 0.249 e. The molecular weight excluding hydrogens is 302 g/mol. The van der Waals surface area contributed by atoms with Crippen molar-refractivity contribution in [3.05, 3.63) is 35.4 Å². The van der Waals surface area contributed by atoms with E-state index in [4.69, 9.17) is 5.73 Å². The van der Waals surface area contributed by atoms with Crippen LogP contribution >= 0.6 is 12.4 Å². The van der Waals surface area contributed by atoms with Crippen molar-refractivity contribution >= 4 is 24.2 Å². The molecular formula is C16H24ClN3O2. The van der Waals surface area contributed by atoms with Crippen LogP contribution in [0.2, 0.25) is 0 Å². The first-order valence-corrected chi connectivity index (χ1v) is 7.46. The second kappa shape index (κ2) is 8.76. The molecule has 0 spiro atoms. The summed E-state index contributed by atoms with van der Waals surface area (Å²) in [4.78, 5) is 23.7. The summed E-state index contributed by atoms with van der Waals surface area (Å²) in [6.07, 6.45) is 2.18. The van der Waals surface area contributed by atoms with Gasteiger partial charge in [0.05, 0.1) is 5.92 Å². The fourth-order valence-corrected chi connectivity index (χ4v) is 2.72. The van der Waals surface area contributed by atoms with Crippen molar-refractivity contribution in [3.8, 4) is 0 Å². The molecule has 122 valence electrons. The van der Waals surface area contributed by atoms with Crippen LogP contribution in [-0.4, -0.2) is 31.4 Å². The van der Waals surface area contributed by atoms with E-state index in [2.05, 4.69) is 10.6 Å². The van der Waals surface area contributed by atoms with Gasteiger partial charge in [-0.2, -0.15) is 0 Å². The fraction of sp³-hybridized carbons (Fsp3) is 0.500. The minimum Gasteiger partial charge on any atom is -0.366 e. The Balaban J connectivity index is 0.00000242. The topological polar surface area (TPSA) is 84.2 Å². The van der Waals surface area contributed by atoms with Gasteiger partial charge < -0.3 is 16.4 Å². The number of halogens is 1. The first-order valence-electron chi connectivity index (χ1n) is 7.46. The number of piperidine rings is 1. The van der Waals surface area contributed by atoms with Gasteiger partial charge in [0.25, 0.3) is 0 Å². The molecule has 1 saturated heterocycles. The van der Waals surface area contributed by atoms with E-state index in [0.29, 0.717) is 23.6 Å². The van der Waals surface area contributed by atoms with Gasteiger partial charge in [-0.15, -0.1) is 12.4 Å². The molecule has 2 amide bonds. The van der Waals surface area contributed by atoms with E-state index in [0.717, 1.165) is 25.9 Å². The summed E-state index contributed by atoms with van der Waals surface area (Å²) in [5.74, 6) is -0.393. The Kier molecular flexibility index (Phi) is 7.35. The Morgan fingerprint density at radius 3 is 2.59 bits per heavy atom. The monoisotopic (exact) mass is 325 g/mol. The molecule has 0 unspecified atom stereocenters. The molecule has 0 bridgehead atoms.